The molecule has 21 heteroatoms. The van der Waals surface area contributed by atoms with Crippen molar-refractivity contribution < 1.29 is 55.3 Å². The first-order chi connectivity index (χ1) is 19.8. The molecule has 0 saturated carbocycles. The summed E-state index contributed by atoms with van der Waals surface area (Å²) in [5.74, 6) is 0.254. The van der Waals surface area contributed by atoms with Gasteiger partial charge in [0.05, 0.1) is 17.5 Å². The zero-order chi connectivity index (χ0) is 32.7. The fraction of sp³-hybridized carbons (Fsp3) is 0.455. The van der Waals surface area contributed by atoms with E-state index in [0.29, 0.717) is 29.1 Å². The number of aliphatic carboxylic acids is 1. The quantitative estimate of drug-likeness (QED) is 0.102. The van der Waals surface area contributed by atoms with Gasteiger partial charge in [-0.15, -0.1) is 0 Å². The van der Waals surface area contributed by atoms with Crippen molar-refractivity contribution in [2.24, 2.45) is 5.73 Å². The summed E-state index contributed by atoms with van der Waals surface area (Å²) in [5, 5.41) is 29.7. The maximum absolute atomic E-state index is 10.8. The lowest BCUT2D eigenvalue weighted by atomic mass is 10.1. The molecule has 0 bridgehead atoms. The topological polar surface area (TPSA) is 312 Å². The summed E-state index contributed by atoms with van der Waals surface area (Å²) in [4.78, 5) is 22.9. The molecule has 4 rings (SSSR count). The van der Waals surface area contributed by atoms with Crippen molar-refractivity contribution in [1.29, 1.82) is 0 Å². The Labute approximate surface area is 249 Å². The fourth-order valence-electron chi connectivity index (χ4n) is 3.68. The maximum atomic E-state index is 10.8. The molecule has 0 radical (unpaired) electrons. The number of hydrogen-bond acceptors (Lipinski definition) is 13. The van der Waals surface area contributed by atoms with Crippen molar-refractivity contribution in [3.05, 3.63) is 42.5 Å². The fourth-order valence-corrected chi connectivity index (χ4v) is 5.82. The van der Waals surface area contributed by atoms with Gasteiger partial charge in [-0.2, -0.15) is 16.8 Å². The number of carbonyl (C=O) groups is 1. The van der Waals surface area contributed by atoms with Gasteiger partial charge in [-0.05, 0) is 30.0 Å². The number of nitrogen functional groups attached to an aromatic ring is 1. The first-order valence-corrected chi connectivity index (χ1v) is 16.9. The number of aryl methyl sites for hydroxylation is 1. The Morgan fingerprint density at radius 1 is 1.07 bits per heavy atom. The van der Waals surface area contributed by atoms with Gasteiger partial charge in [0.15, 0.2) is 17.7 Å². The number of nitrogens with two attached hydrogens (primary N) is 2. The van der Waals surface area contributed by atoms with E-state index < -0.39 is 57.1 Å². The zero-order valence-electron chi connectivity index (χ0n) is 22.8. The maximum Gasteiger partial charge on any atom is 0.394 e. The second-order valence-corrected chi connectivity index (χ2v) is 13.9. The van der Waals surface area contributed by atoms with Crippen molar-refractivity contribution in [2.75, 3.05) is 23.5 Å². The third kappa shape index (κ3) is 11.2. The average Bonchev–Trinajstić information content (AvgIpc) is 3.43. The molecule has 0 spiro atoms. The van der Waals surface area contributed by atoms with Crippen LogP contribution in [-0.4, -0.2) is 113 Å². The number of carboxylic acids is 1. The number of carboxylic acid groups (broad SMARTS) is 1. The van der Waals surface area contributed by atoms with Crippen LogP contribution in [0.5, 0.6) is 0 Å². The first kappa shape index (κ1) is 36.2. The molecule has 18 nitrogen and oxygen atoms in total. The third-order valence-corrected chi connectivity index (χ3v) is 8.56. The molecule has 6 atom stereocenters. The Morgan fingerprint density at radius 2 is 1.65 bits per heavy atom. The lowest BCUT2D eigenvalue weighted by Crippen LogP contribution is -2.37. The van der Waals surface area contributed by atoms with Crippen LogP contribution < -0.4 is 11.5 Å². The van der Waals surface area contributed by atoms with Crippen LogP contribution in [0, 0.1) is 6.92 Å². The highest BCUT2D eigenvalue weighted by molar-refractivity contribution is 7.96. The number of benzene rings is 1. The Morgan fingerprint density at radius 3 is 2.19 bits per heavy atom. The van der Waals surface area contributed by atoms with E-state index in [4.69, 9.17) is 43.4 Å². The van der Waals surface area contributed by atoms with Crippen LogP contribution in [0.3, 0.4) is 0 Å². The molecular weight excluding hydrogens is 636 g/mol. The molecule has 2 aromatic heterocycles. The van der Waals surface area contributed by atoms with Crippen molar-refractivity contribution in [3.63, 3.8) is 0 Å². The predicted molar refractivity (Wildman–Crippen MR) is 154 cm³/mol. The van der Waals surface area contributed by atoms with Crippen molar-refractivity contribution >= 4 is 54.4 Å². The number of rotatable bonds is 8. The number of anilines is 1. The molecule has 1 aromatic carbocycles. The minimum Gasteiger partial charge on any atom is -0.480 e. The molecule has 0 amide bonds. The largest absolute Gasteiger partial charge is 0.480 e. The van der Waals surface area contributed by atoms with Crippen LogP contribution in [0.25, 0.3) is 11.2 Å². The molecule has 3 aromatic rings. The van der Waals surface area contributed by atoms with Crippen molar-refractivity contribution in [3.8, 4) is 0 Å². The molecular formula is C22H33N6O12S3+. The zero-order valence-corrected chi connectivity index (χ0v) is 25.2. The van der Waals surface area contributed by atoms with Gasteiger partial charge in [-0.1, -0.05) is 17.7 Å². The summed E-state index contributed by atoms with van der Waals surface area (Å²) < 4.78 is 68.5. The average molecular weight is 670 g/mol. The minimum absolute atomic E-state index is 0.0666. The molecule has 1 saturated heterocycles. The van der Waals surface area contributed by atoms with Gasteiger partial charge in [0.2, 0.25) is 0 Å². The summed E-state index contributed by atoms with van der Waals surface area (Å²) in [7, 11) is -8.92. The van der Waals surface area contributed by atoms with Crippen molar-refractivity contribution in [1.82, 2.24) is 19.5 Å². The number of imidazole rings is 1. The number of aliphatic hydroxyl groups excluding tert-OH is 2. The molecule has 1 aliphatic heterocycles. The summed E-state index contributed by atoms with van der Waals surface area (Å²) in [5.41, 5.74) is 13.1. The van der Waals surface area contributed by atoms with Crippen LogP contribution >= 0.6 is 0 Å². The van der Waals surface area contributed by atoms with E-state index in [9.17, 15) is 23.4 Å². The molecule has 10 N–H and O–H groups in total. The van der Waals surface area contributed by atoms with Gasteiger partial charge in [0.25, 0.3) is 10.1 Å². The first-order valence-electron chi connectivity index (χ1n) is 12.1. The number of hydrogen-bond donors (Lipinski definition) is 8. The summed E-state index contributed by atoms with van der Waals surface area (Å²) in [6.45, 7) is 1.84. The lowest BCUT2D eigenvalue weighted by Gasteiger charge is -2.16. The standard InChI is InChI=1S/C15H22N6O5S.C7H8O3S.H2O4S/c1-27(3-2-7(16)15(24)25)4-8-10(22)11(23)14(26-8)21-6-20-9-12(17)18-5-19-13(9)21;1-6-2-4-7(5-3-6)11(8,9)10;1-5(2,3)4/h5-8,10-11,14,22-23H,2-4,16H2,1H3,(H2-,17,18,19,24,25);2-5H,1H3,(H,8,9,10);(H2,1,2,3,4)/p+1/t7-,8+,10+,11+,14+,27?;;/m0../s1. The van der Waals surface area contributed by atoms with Crippen LogP contribution in [0.15, 0.2) is 41.8 Å². The van der Waals surface area contributed by atoms with Crippen LogP contribution in [0.1, 0.15) is 18.2 Å². The van der Waals surface area contributed by atoms with Gasteiger partial charge >= 0.3 is 16.4 Å². The molecule has 0 aliphatic carbocycles. The minimum atomic E-state index is -4.67. The number of ether oxygens (including phenoxy) is 1. The lowest BCUT2D eigenvalue weighted by molar-refractivity contribution is -0.138. The number of aromatic nitrogens is 4. The van der Waals surface area contributed by atoms with Crippen molar-refractivity contribution in [2.45, 2.75) is 48.8 Å². The van der Waals surface area contributed by atoms with Gasteiger partial charge in [0.1, 0.15) is 47.7 Å². The van der Waals surface area contributed by atoms with E-state index in [-0.39, 0.29) is 21.6 Å². The van der Waals surface area contributed by atoms with E-state index in [2.05, 4.69) is 15.0 Å². The van der Waals surface area contributed by atoms with E-state index >= 15 is 0 Å². The van der Waals surface area contributed by atoms with Gasteiger partial charge in [0, 0.05) is 6.42 Å². The Balaban J connectivity index is 0.000000332. The highest BCUT2D eigenvalue weighted by Gasteiger charge is 2.46. The van der Waals surface area contributed by atoms with Crippen LogP contribution in [-0.2, 0) is 40.9 Å². The summed E-state index contributed by atoms with van der Waals surface area (Å²) in [6.07, 6.45) is 1.31. The van der Waals surface area contributed by atoms with Crippen LogP contribution in [0.2, 0.25) is 0 Å². The van der Waals surface area contributed by atoms with E-state index in [1.165, 1.54) is 29.4 Å². The number of aliphatic hydroxyl groups is 2. The second-order valence-electron chi connectivity index (χ2n) is 9.25. The summed E-state index contributed by atoms with van der Waals surface area (Å²) >= 11 is 0. The highest BCUT2D eigenvalue weighted by Crippen LogP contribution is 2.32. The highest BCUT2D eigenvalue weighted by atomic mass is 32.3. The molecule has 43 heavy (non-hydrogen) atoms. The molecule has 1 aliphatic rings. The van der Waals surface area contributed by atoms with Gasteiger partial charge in [-0.25, -0.2) is 15.0 Å². The predicted octanol–water partition coefficient (Wildman–Crippen LogP) is -1.33. The third-order valence-electron chi connectivity index (χ3n) is 5.86. The Hall–Kier alpha value is -2.99. The summed E-state index contributed by atoms with van der Waals surface area (Å²) in [6, 6.07) is 5.08. The number of nitrogens with zero attached hydrogens (tertiary/aromatic N) is 4. The SMILES string of the molecule is C[S+](CC[C@H](N)C(=O)O)C[C@H]1O[C@@H](n2cnc3c(N)ncnc32)[C@H](O)[C@@H]1O.Cc1ccc(S(=O)(=O)O)cc1.O=S(=O)(O)O. The monoisotopic (exact) mass is 669 g/mol. The molecule has 1 unspecified atom stereocenters. The van der Waals surface area contributed by atoms with E-state index in [0.717, 1.165) is 5.56 Å². The molecule has 1 fully saturated rings. The smallest absolute Gasteiger partial charge is 0.394 e. The van der Waals surface area contributed by atoms with Crippen LogP contribution in [0.4, 0.5) is 5.82 Å². The molecule has 3 heterocycles. The normalized spacial score (nSPS) is 21.7. The second kappa shape index (κ2) is 15.1. The van der Waals surface area contributed by atoms with Gasteiger partial charge in [-0.3, -0.25) is 23.0 Å². The van der Waals surface area contributed by atoms with E-state index in [1.54, 1.807) is 12.1 Å². The molecule has 240 valence electrons. The number of fused-ring (bicyclic) bond motifs is 1. The van der Waals surface area contributed by atoms with E-state index in [1.807, 2.05) is 13.2 Å². The Bertz CT molecular complexity index is 1580. The Kier molecular flexibility index (Phi) is 12.7. The van der Waals surface area contributed by atoms with Gasteiger partial charge < -0.3 is 31.5 Å².